The summed E-state index contributed by atoms with van der Waals surface area (Å²) in [6, 6.07) is 4.68. The largest absolute Gasteiger partial charge is 0.310 e. The molecule has 1 atom stereocenters. The van der Waals surface area contributed by atoms with Gasteiger partial charge in [-0.3, -0.25) is 4.98 Å². The zero-order valence-corrected chi connectivity index (χ0v) is 11.4. The van der Waals surface area contributed by atoms with Crippen molar-refractivity contribution in [1.29, 1.82) is 0 Å². The molecule has 0 amide bonds. The molecule has 2 nitrogen and oxygen atoms in total. The van der Waals surface area contributed by atoms with Crippen LogP contribution >= 0.6 is 0 Å². The summed E-state index contributed by atoms with van der Waals surface area (Å²) >= 11 is 0. The lowest BCUT2D eigenvalue weighted by atomic mass is 9.91. The molecular formula is C15H26N2. The van der Waals surface area contributed by atoms with Crippen molar-refractivity contribution in [1.82, 2.24) is 10.3 Å². The lowest BCUT2D eigenvalue weighted by Gasteiger charge is -2.23. The lowest BCUT2D eigenvalue weighted by molar-refractivity contribution is 0.371. The summed E-state index contributed by atoms with van der Waals surface area (Å²) in [6.45, 7) is 7.87. The molecule has 0 saturated carbocycles. The molecule has 0 aliphatic heterocycles. The van der Waals surface area contributed by atoms with Crippen molar-refractivity contribution in [2.45, 2.75) is 52.5 Å². The van der Waals surface area contributed by atoms with Crippen molar-refractivity contribution in [3.05, 3.63) is 30.1 Å². The summed E-state index contributed by atoms with van der Waals surface area (Å²) in [6.07, 6.45) is 8.77. The summed E-state index contributed by atoms with van der Waals surface area (Å²) in [7, 11) is 0. The van der Waals surface area contributed by atoms with Gasteiger partial charge in [0.2, 0.25) is 0 Å². The maximum absolute atomic E-state index is 4.23. The summed E-state index contributed by atoms with van der Waals surface area (Å²) in [5.74, 6) is 0.810. The van der Waals surface area contributed by atoms with Crippen LogP contribution in [0.25, 0.3) is 0 Å². The maximum Gasteiger partial charge on any atom is 0.0338 e. The van der Waals surface area contributed by atoms with Crippen LogP contribution < -0.4 is 5.32 Å². The number of pyridine rings is 1. The number of nitrogens with one attached hydrogen (secondary N) is 1. The first-order valence-corrected chi connectivity index (χ1v) is 6.95. The third kappa shape index (κ3) is 4.86. The number of aromatic nitrogens is 1. The smallest absolute Gasteiger partial charge is 0.0338 e. The predicted molar refractivity (Wildman–Crippen MR) is 74.0 cm³/mol. The summed E-state index contributed by atoms with van der Waals surface area (Å²) < 4.78 is 0. The highest BCUT2D eigenvalue weighted by Gasteiger charge is 2.15. The van der Waals surface area contributed by atoms with Gasteiger partial charge in [-0.25, -0.2) is 0 Å². The van der Waals surface area contributed by atoms with Crippen LogP contribution in [-0.4, -0.2) is 11.5 Å². The Morgan fingerprint density at radius 2 is 2.00 bits per heavy atom. The molecule has 1 N–H and O–H groups in total. The molecule has 0 bridgehead atoms. The second-order valence-electron chi connectivity index (χ2n) is 4.71. The Balaban J connectivity index is 2.66. The summed E-state index contributed by atoms with van der Waals surface area (Å²) in [5, 5.41) is 3.64. The first kappa shape index (κ1) is 14.2. The molecule has 17 heavy (non-hydrogen) atoms. The van der Waals surface area contributed by atoms with E-state index in [-0.39, 0.29) is 0 Å². The van der Waals surface area contributed by atoms with E-state index in [4.69, 9.17) is 0 Å². The van der Waals surface area contributed by atoms with Crippen molar-refractivity contribution < 1.29 is 0 Å². The van der Waals surface area contributed by atoms with Crippen molar-refractivity contribution in [2.75, 3.05) is 6.54 Å². The second-order valence-corrected chi connectivity index (χ2v) is 4.71. The van der Waals surface area contributed by atoms with E-state index in [1.54, 1.807) is 0 Å². The molecular weight excluding hydrogens is 208 g/mol. The van der Waals surface area contributed by atoms with E-state index in [9.17, 15) is 0 Å². The zero-order chi connectivity index (χ0) is 12.5. The van der Waals surface area contributed by atoms with Crippen LogP contribution in [0.5, 0.6) is 0 Å². The number of hydrogen-bond acceptors (Lipinski definition) is 2. The fourth-order valence-electron chi connectivity index (χ4n) is 2.19. The maximum atomic E-state index is 4.23. The molecule has 2 heteroatoms. The molecule has 1 aromatic heterocycles. The van der Waals surface area contributed by atoms with Gasteiger partial charge < -0.3 is 5.32 Å². The quantitative estimate of drug-likeness (QED) is 0.736. The van der Waals surface area contributed by atoms with E-state index in [1.165, 1.54) is 31.2 Å². The average Bonchev–Trinajstić information content (AvgIpc) is 2.40. The second kappa shape index (κ2) is 8.24. The molecule has 1 rings (SSSR count). The van der Waals surface area contributed by atoms with E-state index < -0.39 is 0 Å². The minimum atomic E-state index is 0.466. The SMILES string of the molecule is CCCNC(CC(CC)CC)c1cccnc1. The van der Waals surface area contributed by atoms with Crippen molar-refractivity contribution in [3.8, 4) is 0 Å². The van der Waals surface area contributed by atoms with Gasteiger partial charge in [-0.05, 0) is 36.9 Å². The molecule has 0 aromatic carbocycles. The lowest BCUT2D eigenvalue weighted by Crippen LogP contribution is -2.24. The highest BCUT2D eigenvalue weighted by atomic mass is 14.9. The van der Waals surface area contributed by atoms with Crippen LogP contribution in [0, 0.1) is 5.92 Å². The predicted octanol–water partition coefficient (Wildman–Crippen LogP) is 3.95. The van der Waals surface area contributed by atoms with Gasteiger partial charge in [-0.2, -0.15) is 0 Å². The third-order valence-electron chi connectivity index (χ3n) is 3.45. The topological polar surface area (TPSA) is 24.9 Å². The van der Waals surface area contributed by atoms with Crippen molar-refractivity contribution in [3.63, 3.8) is 0 Å². The monoisotopic (exact) mass is 234 g/mol. The highest BCUT2D eigenvalue weighted by molar-refractivity contribution is 5.13. The van der Waals surface area contributed by atoms with Crippen LogP contribution in [0.15, 0.2) is 24.5 Å². The first-order valence-electron chi connectivity index (χ1n) is 6.95. The molecule has 0 saturated heterocycles. The Kier molecular flexibility index (Phi) is 6.87. The fraction of sp³-hybridized carbons (Fsp3) is 0.667. The van der Waals surface area contributed by atoms with Crippen molar-refractivity contribution >= 4 is 0 Å². The molecule has 0 fully saturated rings. The van der Waals surface area contributed by atoms with E-state index in [2.05, 4.69) is 37.1 Å². The van der Waals surface area contributed by atoms with Gasteiger partial charge in [0.1, 0.15) is 0 Å². The van der Waals surface area contributed by atoms with E-state index in [0.717, 1.165) is 12.5 Å². The van der Waals surface area contributed by atoms with Gasteiger partial charge in [0.15, 0.2) is 0 Å². The normalized spacial score (nSPS) is 12.9. The van der Waals surface area contributed by atoms with Gasteiger partial charge in [0.25, 0.3) is 0 Å². The standard InChI is InChI=1S/C15H26N2/c1-4-9-17-15(11-13(5-2)6-3)14-8-7-10-16-12-14/h7-8,10,12-13,15,17H,4-6,9,11H2,1-3H3. The zero-order valence-electron chi connectivity index (χ0n) is 11.4. The van der Waals surface area contributed by atoms with E-state index >= 15 is 0 Å². The van der Waals surface area contributed by atoms with Crippen LogP contribution in [-0.2, 0) is 0 Å². The Hall–Kier alpha value is -0.890. The molecule has 1 aromatic rings. The van der Waals surface area contributed by atoms with E-state index in [1.807, 2.05) is 18.5 Å². The minimum Gasteiger partial charge on any atom is -0.310 e. The van der Waals surface area contributed by atoms with Crippen LogP contribution in [0.1, 0.15) is 58.1 Å². The Bertz CT molecular complexity index is 280. The Morgan fingerprint density at radius 3 is 2.53 bits per heavy atom. The van der Waals surface area contributed by atoms with Gasteiger partial charge in [0.05, 0.1) is 0 Å². The Morgan fingerprint density at radius 1 is 1.24 bits per heavy atom. The van der Waals surface area contributed by atoms with Gasteiger partial charge in [-0.15, -0.1) is 0 Å². The number of nitrogens with zero attached hydrogens (tertiary/aromatic N) is 1. The third-order valence-corrected chi connectivity index (χ3v) is 3.45. The fourth-order valence-corrected chi connectivity index (χ4v) is 2.19. The molecule has 1 heterocycles. The Labute approximate surface area is 106 Å². The van der Waals surface area contributed by atoms with Gasteiger partial charge >= 0.3 is 0 Å². The average molecular weight is 234 g/mol. The summed E-state index contributed by atoms with van der Waals surface area (Å²) in [4.78, 5) is 4.23. The van der Waals surface area contributed by atoms with Gasteiger partial charge in [-0.1, -0.05) is 39.7 Å². The van der Waals surface area contributed by atoms with Crippen LogP contribution in [0.4, 0.5) is 0 Å². The molecule has 0 spiro atoms. The number of rotatable bonds is 8. The van der Waals surface area contributed by atoms with Crippen LogP contribution in [0.2, 0.25) is 0 Å². The molecule has 96 valence electrons. The molecule has 0 radical (unpaired) electrons. The number of hydrogen-bond donors (Lipinski definition) is 1. The first-order chi connectivity index (χ1) is 8.31. The van der Waals surface area contributed by atoms with E-state index in [0.29, 0.717) is 6.04 Å². The molecule has 0 aliphatic carbocycles. The van der Waals surface area contributed by atoms with Crippen LogP contribution in [0.3, 0.4) is 0 Å². The molecule has 0 aliphatic rings. The van der Waals surface area contributed by atoms with Gasteiger partial charge in [0, 0.05) is 18.4 Å². The van der Waals surface area contributed by atoms with Crippen molar-refractivity contribution in [2.24, 2.45) is 5.92 Å². The summed E-state index contributed by atoms with van der Waals surface area (Å²) in [5.41, 5.74) is 1.33. The molecule has 1 unspecified atom stereocenters. The highest BCUT2D eigenvalue weighted by Crippen LogP contribution is 2.24. The minimum absolute atomic E-state index is 0.466.